The molecule has 1 aromatic rings. The second-order valence-electron chi connectivity index (χ2n) is 7.61. The molecule has 1 atom stereocenters. The van der Waals surface area contributed by atoms with Gasteiger partial charge in [-0.1, -0.05) is 18.2 Å². The first-order valence-corrected chi connectivity index (χ1v) is 9.74. The number of likely N-dealkylation sites (tertiary alicyclic amines) is 1. The fraction of sp³-hybridized carbons (Fsp3) is 0.500. The Balaban J connectivity index is 1.47. The van der Waals surface area contributed by atoms with Crippen molar-refractivity contribution in [2.45, 2.75) is 32.0 Å². The summed E-state index contributed by atoms with van der Waals surface area (Å²) in [7, 11) is 0. The number of hydrogen-bond donors (Lipinski definition) is 2. The van der Waals surface area contributed by atoms with Gasteiger partial charge in [-0.3, -0.25) is 9.89 Å². The van der Waals surface area contributed by atoms with Crippen LogP contribution in [-0.4, -0.2) is 46.8 Å². The zero-order valence-electron chi connectivity index (χ0n) is 15.7. The van der Waals surface area contributed by atoms with Gasteiger partial charge < -0.3 is 10.2 Å². The molecule has 4 rings (SSSR count). The van der Waals surface area contributed by atoms with Crippen LogP contribution in [0, 0.1) is 11.8 Å². The van der Waals surface area contributed by atoms with Crippen LogP contribution in [0.3, 0.4) is 0 Å². The van der Waals surface area contributed by atoms with Gasteiger partial charge in [-0.25, -0.2) is 4.39 Å². The quantitative estimate of drug-likeness (QED) is 0.735. The number of aromatic nitrogens is 2. The van der Waals surface area contributed by atoms with Crippen molar-refractivity contribution in [1.29, 1.82) is 0 Å². The molecule has 3 aliphatic rings. The third-order valence-corrected chi connectivity index (χ3v) is 5.91. The maximum Gasteiger partial charge on any atom is 0.416 e. The van der Waals surface area contributed by atoms with Crippen molar-refractivity contribution >= 4 is 5.91 Å². The Kier molecular flexibility index (Phi) is 5.33. The van der Waals surface area contributed by atoms with Crippen LogP contribution in [0.2, 0.25) is 0 Å². The van der Waals surface area contributed by atoms with Crippen molar-refractivity contribution in [1.82, 2.24) is 20.4 Å². The minimum atomic E-state index is -4.73. The molecule has 2 N–H and O–H groups in total. The number of nitrogens with zero attached hydrogens (tertiary/aromatic N) is 2. The molecule has 1 aliphatic carbocycles. The molecule has 156 valence electrons. The number of fused-ring (bicyclic) bond motifs is 1. The number of H-pyrrole nitrogens is 1. The van der Waals surface area contributed by atoms with Gasteiger partial charge in [-0.15, -0.1) is 0 Å². The van der Waals surface area contributed by atoms with Crippen molar-refractivity contribution in [3.05, 3.63) is 52.7 Å². The summed E-state index contributed by atoms with van der Waals surface area (Å²) in [6, 6.07) is 0. The van der Waals surface area contributed by atoms with Crippen LogP contribution < -0.4 is 5.32 Å². The zero-order valence-corrected chi connectivity index (χ0v) is 15.7. The third-order valence-electron chi connectivity index (χ3n) is 5.91. The molecule has 9 heteroatoms. The maximum absolute atomic E-state index is 14.1. The molecule has 0 bridgehead atoms. The Hall–Kier alpha value is -2.42. The summed E-state index contributed by atoms with van der Waals surface area (Å²) in [5, 5.41) is 10.3. The lowest BCUT2D eigenvalue weighted by Crippen LogP contribution is -2.41. The molecule has 1 fully saturated rings. The van der Waals surface area contributed by atoms with E-state index in [1.54, 1.807) is 4.90 Å². The van der Waals surface area contributed by atoms with Gasteiger partial charge in [-0.2, -0.15) is 18.3 Å². The number of amides is 1. The van der Waals surface area contributed by atoms with E-state index in [4.69, 9.17) is 0 Å². The molecule has 1 saturated heterocycles. The van der Waals surface area contributed by atoms with Crippen molar-refractivity contribution in [3.63, 3.8) is 0 Å². The van der Waals surface area contributed by atoms with E-state index in [1.807, 2.05) is 0 Å². The predicted octanol–water partition coefficient (Wildman–Crippen LogP) is 3.44. The number of nitrogens with one attached hydrogen (secondary N) is 2. The van der Waals surface area contributed by atoms with E-state index in [0.717, 1.165) is 30.3 Å². The number of aromatic amines is 1. The number of hydrogen-bond acceptors (Lipinski definition) is 3. The maximum atomic E-state index is 14.1. The molecular weight excluding hydrogens is 388 g/mol. The number of piperidine rings is 1. The van der Waals surface area contributed by atoms with Gasteiger partial charge in [0.15, 0.2) is 5.69 Å². The van der Waals surface area contributed by atoms with Crippen LogP contribution in [0.4, 0.5) is 17.6 Å². The van der Waals surface area contributed by atoms with Gasteiger partial charge in [0.05, 0.1) is 5.57 Å². The van der Waals surface area contributed by atoms with E-state index < -0.39 is 23.5 Å². The minimum Gasteiger partial charge on any atom is -0.337 e. The van der Waals surface area contributed by atoms with Crippen molar-refractivity contribution < 1.29 is 22.4 Å². The number of carbonyl (C=O) groups excluding carboxylic acids is 1. The second-order valence-corrected chi connectivity index (χ2v) is 7.61. The lowest BCUT2D eigenvalue weighted by atomic mass is 9.79. The molecule has 5 nitrogen and oxygen atoms in total. The third kappa shape index (κ3) is 3.88. The largest absolute Gasteiger partial charge is 0.416 e. The molecule has 1 unspecified atom stereocenters. The summed E-state index contributed by atoms with van der Waals surface area (Å²) in [6.45, 7) is 2.04. The van der Waals surface area contributed by atoms with Crippen LogP contribution in [-0.2, 0) is 13.0 Å². The molecule has 1 amide bonds. The number of carbonyl (C=O) groups is 1. The summed E-state index contributed by atoms with van der Waals surface area (Å²) in [5.74, 6) is -2.88. The molecule has 1 aromatic heterocycles. The first kappa shape index (κ1) is 19.9. The topological polar surface area (TPSA) is 61.0 Å². The molecular formula is C20H22F4N4O. The zero-order chi connectivity index (χ0) is 20.6. The Morgan fingerprint density at radius 2 is 1.97 bits per heavy atom. The van der Waals surface area contributed by atoms with Crippen LogP contribution in [0.5, 0.6) is 0 Å². The van der Waals surface area contributed by atoms with Gasteiger partial charge in [0.2, 0.25) is 0 Å². The lowest BCUT2D eigenvalue weighted by Gasteiger charge is -2.36. The average molecular weight is 410 g/mol. The highest BCUT2D eigenvalue weighted by atomic mass is 19.4. The SMILES string of the molecule is O=C(c1n[nH]c2c1CNCC2)N1CCC(C2C=CC=CC(F)=C2C(F)(F)F)CC1. The number of alkyl halides is 3. The van der Waals surface area contributed by atoms with E-state index >= 15 is 0 Å². The predicted molar refractivity (Wildman–Crippen MR) is 98.6 cm³/mol. The van der Waals surface area contributed by atoms with E-state index in [0.29, 0.717) is 38.2 Å². The molecule has 0 aromatic carbocycles. The molecule has 3 heterocycles. The number of allylic oxidation sites excluding steroid dienone is 6. The van der Waals surface area contributed by atoms with Crippen molar-refractivity contribution in [2.24, 2.45) is 11.8 Å². The highest BCUT2D eigenvalue weighted by Crippen LogP contribution is 2.43. The fourth-order valence-corrected chi connectivity index (χ4v) is 4.40. The Morgan fingerprint density at radius 3 is 2.69 bits per heavy atom. The fourth-order valence-electron chi connectivity index (χ4n) is 4.40. The molecule has 0 radical (unpaired) electrons. The Labute approximate surface area is 165 Å². The Morgan fingerprint density at radius 1 is 1.21 bits per heavy atom. The highest BCUT2D eigenvalue weighted by molar-refractivity contribution is 5.94. The number of rotatable bonds is 2. The first-order valence-electron chi connectivity index (χ1n) is 9.74. The second kappa shape index (κ2) is 7.78. The molecule has 29 heavy (non-hydrogen) atoms. The van der Waals surface area contributed by atoms with Gasteiger partial charge in [0, 0.05) is 49.8 Å². The van der Waals surface area contributed by atoms with Crippen LogP contribution in [0.25, 0.3) is 0 Å². The standard InChI is InChI=1S/C20H22F4N4O/c21-15-4-2-1-3-13(17(15)20(22,23)24)12-6-9-28(10-7-12)19(29)18-14-11-25-8-5-16(14)26-27-18/h1-4,12-13,25H,5-11H2,(H,26,27). The summed E-state index contributed by atoms with van der Waals surface area (Å²) in [6.07, 6.45) is 1.81. The molecule has 0 spiro atoms. The van der Waals surface area contributed by atoms with Crippen LogP contribution in [0.1, 0.15) is 34.6 Å². The van der Waals surface area contributed by atoms with Gasteiger partial charge >= 0.3 is 6.18 Å². The van der Waals surface area contributed by atoms with Crippen LogP contribution in [0.15, 0.2) is 35.7 Å². The van der Waals surface area contributed by atoms with E-state index in [-0.39, 0.29) is 11.8 Å². The van der Waals surface area contributed by atoms with Gasteiger partial charge in [0.1, 0.15) is 5.83 Å². The monoisotopic (exact) mass is 410 g/mol. The number of halogens is 4. The minimum absolute atomic E-state index is 0.208. The summed E-state index contributed by atoms with van der Waals surface area (Å²) < 4.78 is 54.6. The van der Waals surface area contributed by atoms with Gasteiger partial charge in [-0.05, 0) is 24.8 Å². The van der Waals surface area contributed by atoms with E-state index in [1.165, 1.54) is 18.2 Å². The highest BCUT2D eigenvalue weighted by Gasteiger charge is 2.44. The molecule has 0 saturated carbocycles. The van der Waals surface area contributed by atoms with E-state index in [2.05, 4.69) is 15.5 Å². The lowest BCUT2D eigenvalue weighted by molar-refractivity contribution is -0.102. The Bertz CT molecular complexity index is 876. The van der Waals surface area contributed by atoms with Gasteiger partial charge in [0.25, 0.3) is 5.91 Å². The first-order chi connectivity index (χ1) is 13.9. The summed E-state index contributed by atoms with van der Waals surface area (Å²) in [4.78, 5) is 14.5. The summed E-state index contributed by atoms with van der Waals surface area (Å²) >= 11 is 0. The average Bonchev–Trinajstić information content (AvgIpc) is 3.02. The normalized spacial score (nSPS) is 23.3. The molecule has 2 aliphatic heterocycles. The van der Waals surface area contributed by atoms with Crippen molar-refractivity contribution in [2.75, 3.05) is 19.6 Å². The van der Waals surface area contributed by atoms with Crippen molar-refractivity contribution in [3.8, 4) is 0 Å². The summed E-state index contributed by atoms with van der Waals surface area (Å²) in [5.41, 5.74) is 1.07. The smallest absolute Gasteiger partial charge is 0.337 e. The van der Waals surface area contributed by atoms with E-state index in [9.17, 15) is 22.4 Å². The van der Waals surface area contributed by atoms with Crippen LogP contribution >= 0.6 is 0 Å².